The molecule has 3 atom stereocenters. The number of sulfone groups is 1. The van der Waals surface area contributed by atoms with E-state index in [1.54, 1.807) is 18.2 Å². The number of likely N-dealkylation sites (tertiary alicyclic amines) is 1. The maximum absolute atomic E-state index is 12.8. The van der Waals surface area contributed by atoms with Gasteiger partial charge in [-0.1, -0.05) is 30.7 Å². The first-order chi connectivity index (χ1) is 9.91. The predicted octanol–water partition coefficient (Wildman–Crippen LogP) is 1.64. The van der Waals surface area contributed by atoms with Crippen LogP contribution in [0.3, 0.4) is 0 Å². The van der Waals surface area contributed by atoms with Gasteiger partial charge in [0.2, 0.25) is 0 Å². The Balaban J connectivity index is 2.32. The van der Waals surface area contributed by atoms with E-state index in [2.05, 4.69) is 6.58 Å². The summed E-state index contributed by atoms with van der Waals surface area (Å²) in [4.78, 5) is 2.36. The number of aliphatic hydroxyl groups is 1. The van der Waals surface area contributed by atoms with Crippen molar-refractivity contribution in [2.75, 3.05) is 19.7 Å². The first-order valence-electron chi connectivity index (χ1n) is 7.18. The van der Waals surface area contributed by atoms with Crippen molar-refractivity contribution in [1.29, 1.82) is 0 Å². The van der Waals surface area contributed by atoms with Crippen molar-refractivity contribution in [2.24, 2.45) is 5.92 Å². The van der Waals surface area contributed by atoms with Crippen molar-refractivity contribution in [3.63, 3.8) is 0 Å². The van der Waals surface area contributed by atoms with Crippen molar-refractivity contribution in [1.82, 2.24) is 4.90 Å². The van der Waals surface area contributed by atoms with E-state index < -0.39 is 15.1 Å². The molecule has 0 aromatic heterocycles. The fraction of sp³-hybridized carbons (Fsp3) is 0.500. The zero-order valence-electron chi connectivity index (χ0n) is 12.6. The molecule has 0 amide bonds. The van der Waals surface area contributed by atoms with Crippen molar-refractivity contribution in [3.8, 4) is 0 Å². The van der Waals surface area contributed by atoms with Crippen LogP contribution in [-0.4, -0.2) is 49.4 Å². The molecule has 1 N–H and O–H groups in total. The molecule has 1 aliphatic heterocycles. The Morgan fingerprint density at radius 3 is 2.52 bits per heavy atom. The summed E-state index contributed by atoms with van der Waals surface area (Å²) in [7, 11) is -3.39. The maximum Gasteiger partial charge on any atom is 0.182 e. The summed E-state index contributed by atoms with van der Waals surface area (Å²) >= 11 is 0. The molecule has 1 saturated heterocycles. The Hall–Kier alpha value is -1.17. The summed E-state index contributed by atoms with van der Waals surface area (Å²) in [6, 6.07) is 6.84. The van der Waals surface area contributed by atoms with E-state index in [4.69, 9.17) is 0 Å². The van der Waals surface area contributed by atoms with Crippen LogP contribution in [0.15, 0.2) is 41.8 Å². The Kier molecular flexibility index (Phi) is 4.86. The van der Waals surface area contributed by atoms with Crippen molar-refractivity contribution >= 4 is 9.84 Å². The van der Waals surface area contributed by atoms with Crippen molar-refractivity contribution in [3.05, 3.63) is 42.5 Å². The van der Waals surface area contributed by atoms with E-state index in [9.17, 15) is 13.5 Å². The van der Waals surface area contributed by atoms with Crippen LogP contribution >= 0.6 is 0 Å². The van der Waals surface area contributed by atoms with Crippen LogP contribution in [0.2, 0.25) is 0 Å². The Morgan fingerprint density at radius 1 is 1.38 bits per heavy atom. The summed E-state index contributed by atoms with van der Waals surface area (Å²) in [6.45, 7) is 8.54. The summed E-state index contributed by atoms with van der Waals surface area (Å²) < 4.78 is 25.7. The molecule has 0 unspecified atom stereocenters. The first kappa shape index (κ1) is 16.2. The molecule has 4 nitrogen and oxygen atoms in total. The second kappa shape index (κ2) is 6.30. The van der Waals surface area contributed by atoms with E-state index in [1.165, 1.54) is 0 Å². The third-order valence-electron chi connectivity index (χ3n) is 4.38. The van der Waals surface area contributed by atoms with Crippen LogP contribution in [0, 0.1) is 12.8 Å². The van der Waals surface area contributed by atoms with Gasteiger partial charge in [0.25, 0.3) is 0 Å². The molecule has 5 heteroatoms. The van der Waals surface area contributed by atoms with Gasteiger partial charge in [0, 0.05) is 19.1 Å². The molecule has 1 aromatic carbocycles. The van der Waals surface area contributed by atoms with Gasteiger partial charge in [-0.15, -0.1) is 6.58 Å². The highest BCUT2D eigenvalue weighted by atomic mass is 32.2. The zero-order chi connectivity index (χ0) is 15.6. The molecule has 1 aromatic rings. The van der Waals surface area contributed by atoms with Gasteiger partial charge in [-0.2, -0.15) is 0 Å². The minimum absolute atomic E-state index is 0.0328. The van der Waals surface area contributed by atoms with Gasteiger partial charge in [0.1, 0.15) is 0 Å². The average molecular weight is 309 g/mol. The molecular formula is C16H23NO3S. The molecule has 0 saturated carbocycles. The molecule has 1 fully saturated rings. The Labute approximate surface area is 127 Å². The van der Waals surface area contributed by atoms with Crippen LogP contribution in [0.5, 0.6) is 0 Å². The van der Waals surface area contributed by atoms with E-state index in [-0.39, 0.29) is 18.6 Å². The van der Waals surface area contributed by atoms with Gasteiger partial charge in [-0.05, 0) is 25.0 Å². The molecule has 116 valence electrons. The van der Waals surface area contributed by atoms with Crippen LogP contribution in [0.1, 0.15) is 12.5 Å². The minimum atomic E-state index is -3.39. The molecular weight excluding hydrogens is 286 g/mol. The van der Waals surface area contributed by atoms with Gasteiger partial charge in [0.15, 0.2) is 9.84 Å². The SMILES string of the molecule is C=CCN1C[C@@H](S(=O)(=O)c2ccc(C)cc2)[C@@H](C)[C@@H]1CO. The fourth-order valence-electron chi connectivity index (χ4n) is 3.05. The third kappa shape index (κ3) is 3.05. The Bertz CT molecular complexity index is 594. The van der Waals surface area contributed by atoms with Gasteiger partial charge < -0.3 is 5.11 Å². The van der Waals surface area contributed by atoms with Crippen LogP contribution in [0.4, 0.5) is 0 Å². The number of aliphatic hydroxyl groups excluding tert-OH is 1. The number of benzene rings is 1. The third-order valence-corrected chi connectivity index (χ3v) is 6.68. The van der Waals surface area contributed by atoms with E-state index in [0.29, 0.717) is 18.0 Å². The predicted molar refractivity (Wildman–Crippen MR) is 84.0 cm³/mol. The van der Waals surface area contributed by atoms with Gasteiger partial charge in [0.05, 0.1) is 16.8 Å². The number of nitrogens with zero attached hydrogens (tertiary/aromatic N) is 1. The lowest BCUT2D eigenvalue weighted by molar-refractivity contribution is 0.149. The van der Waals surface area contributed by atoms with E-state index >= 15 is 0 Å². The van der Waals surface area contributed by atoms with E-state index in [1.807, 2.05) is 30.9 Å². The lowest BCUT2D eigenvalue weighted by Gasteiger charge is -2.23. The highest BCUT2D eigenvalue weighted by Crippen LogP contribution is 2.32. The number of aryl methyl sites for hydroxylation is 1. The lowest BCUT2D eigenvalue weighted by atomic mass is 10.0. The zero-order valence-corrected chi connectivity index (χ0v) is 13.4. The monoisotopic (exact) mass is 309 g/mol. The lowest BCUT2D eigenvalue weighted by Crippen LogP contribution is -2.35. The topological polar surface area (TPSA) is 57.6 Å². The number of hydrogen-bond acceptors (Lipinski definition) is 4. The molecule has 0 aliphatic carbocycles. The highest BCUT2D eigenvalue weighted by molar-refractivity contribution is 7.92. The van der Waals surface area contributed by atoms with Crippen LogP contribution < -0.4 is 0 Å². The average Bonchev–Trinajstić information content (AvgIpc) is 2.76. The molecule has 21 heavy (non-hydrogen) atoms. The molecule has 0 spiro atoms. The van der Waals surface area contributed by atoms with Crippen LogP contribution in [-0.2, 0) is 9.84 Å². The maximum atomic E-state index is 12.8. The van der Waals surface area contributed by atoms with Crippen molar-refractivity contribution < 1.29 is 13.5 Å². The summed E-state index contributed by atoms with van der Waals surface area (Å²) in [5.41, 5.74) is 1.04. The molecule has 0 radical (unpaired) electrons. The van der Waals surface area contributed by atoms with Gasteiger partial charge in [-0.3, -0.25) is 4.90 Å². The fourth-order valence-corrected chi connectivity index (χ4v) is 5.05. The highest BCUT2D eigenvalue weighted by Gasteiger charge is 2.45. The smallest absolute Gasteiger partial charge is 0.182 e. The summed E-state index contributed by atoms with van der Waals surface area (Å²) in [5, 5.41) is 9.06. The molecule has 1 aliphatic rings. The molecule has 2 rings (SSSR count). The van der Waals surface area contributed by atoms with Crippen molar-refractivity contribution in [2.45, 2.75) is 30.0 Å². The molecule has 0 bridgehead atoms. The summed E-state index contributed by atoms with van der Waals surface area (Å²) in [6.07, 6.45) is 1.75. The normalized spacial score (nSPS) is 26.9. The largest absolute Gasteiger partial charge is 0.395 e. The number of rotatable bonds is 5. The quantitative estimate of drug-likeness (QED) is 0.840. The standard InChI is InChI=1S/C16H23NO3S/c1-4-9-17-10-16(13(3)15(17)11-18)21(19,20)14-7-5-12(2)6-8-14/h4-8,13,15-16,18H,1,9-11H2,2-3H3/t13-,15-,16+/m0/s1. The minimum Gasteiger partial charge on any atom is -0.395 e. The Morgan fingerprint density at radius 2 is 2.00 bits per heavy atom. The first-order valence-corrected chi connectivity index (χ1v) is 8.72. The van der Waals surface area contributed by atoms with E-state index in [0.717, 1.165) is 5.56 Å². The van der Waals surface area contributed by atoms with Gasteiger partial charge in [-0.25, -0.2) is 8.42 Å². The second-order valence-corrected chi connectivity index (χ2v) is 7.92. The number of hydrogen-bond donors (Lipinski definition) is 1. The second-order valence-electron chi connectivity index (χ2n) is 5.75. The van der Waals surface area contributed by atoms with Gasteiger partial charge >= 0.3 is 0 Å². The molecule has 1 heterocycles. The van der Waals surface area contributed by atoms with Crippen LogP contribution in [0.25, 0.3) is 0 Å². The summed E-state index contributed by atoms with van der Waals surface area (Å²) in [5.74, 6) is -0.110.